The molecule has 4 nitrogen and oxygen atoms in total. The Morgan fingerprint density at radius 3 is 3.05 bits per heavy atom. The molecule has 0 saturated carbocycles. The topological polar surface area (TPSA) is 39.1 Å². The highest BCUT2D eigenvalue weighted by molar-refractivity contribution is 5.42. The minimum atomic E-state index is 0.524. The molecule has 0 aliphatic heterocycles. The first-order valence-electron chi connectivity index (χ1n) is 7.70. The van der Waals surface area contributed by atoms with Crippen LogP contribution in [-0.4, -0.2) is 22.9 Å². The smallest absolute Gasteiger partial charge is 0.122 e. The minimum absolute atomic E-state index is 0.524. The van der Waals surface area contributed by atoms with E-state index in [9.17, 15) is 0 Å². The Balaban J connectivity index is 1.61. The van der Waals surface area contributed by atoms with E-state index in [-0.39, 0.29) is 0 Å². The van der Waals surface area contributed by atoms with Gasteiger partial charge in [0.25, 0.3) is 0 Å². The van der Waals surface area contributed by atoms with Crippen molar-refractivity contribution in [3.8, 4) is 5.75 Å². The van der Waals surface area contributed by atoms with Crippen molar-refractivity contribution < 1.29 is 4.74 Å². The Bertz CT molecular complexity index is 606. The van der Waals surface area contributed by atoms with Gasteiger partial charge in [0.2, 0.25) is 0 Å². The van der Waals surface area contributed by atoms with Gasteiger partial charge in [-0.15, -0.1) is 0 Å². The molecular weight excluding hydrogens is 262 g/mol. The number of hydrogen-bond donors (Lipinski definition) is 1. The second kappa shape index (κ2) is 6.31. The average Bonchev–Trinajstić information content (AvgIpc) is 3.00. The molecule has 0 saturated heterocycles. The molecule has 1 aliphatic carbocycles. The van der Waals surface area contributed by atoms with Crippen LogP contribution in [0.2, 0.25) is 0 Å². The van der Waals surface area contributed by atoms with Crippen LogP contribution in [-0.2, 0) is 25.9 Å². The molecule has 112 valence electrons. The van der Waals surface area contributed by atoms with E-state index in [0.29, 0.717) is 6.04 Å². The summed E-state index contributed by atoms with van der Waals surface area (Å²) in [5.74, 6) is 1.03. The highest BCUT2D eigenvalue weighted by Crippen LogP contribution is 2.29. The van der Waals surface area contributed by atoms with Crippen molar-refractivity contribution in [3.63, 3.8) is 0 Å². The predicted octanol–water partition coefficient (Wildman–Crippen LogP) is 2.56. The van der Waals surface area contributed by atoms with Crippen LogP contribution in [0.5, 0.6) is 5.75 Å². The molecule has 2 aromatic rings. The second-order valence-corrected chi connectivity index (χ2v) is 5.58. The summed E-state index contributed by atoms with van der Waals surface area (Å²) in [5.41, 5.74) is 3.92. The van der Waals surface area contributed by atoms with E-state index < -0.39 is 0 Å². The first-order valence-corrected chi connectivity index (χ1v) is 7.70. The first-order chi connectivity index (χ1) is 10.3. The number of nitrogens with one attached hydrogen (secondary N) is 1. The quantitative estimate of drug-likeness (QED) is 0.917. The fourth-order valence-corrected chi connectivity index (χ4v) is 3.06. The summed E-state index contributed by atoms with van der Waals surface area (Å²) in [6, 6.07) is 8.98. The van der Waals surface area contributed by atoms with Gasteiger partial charge < -0.3 is 10.1 Å². The standard InChI is InChI=1S/C17H23N3O/c1-3-20-10-9-15(19-20)12-18-14-7-8-16-13(11-14)5-4-6-17(16)21-2/h4-6,9-10,14,18H,3,7-8,11-12H2,1-2H3. The van der Waals surface area contributed by atoms with Gasteiger partial charge in [0, 0.05) is 25.3 Å². The molecule has 1 unspecified atom stereocenters. The zero-order valence-corrected chi connectivity index (χ0v) is 12.8. The Hall–Kier alpha value is -1.81. The molecule has 21 heavy (non-hydrogen) atoms. The minimum Gasteiger partial charge on any atom is -0.496 e. The van der Waals surface area contributed by atoms with Crippen LogP contribution in [0, 0.1) is 0 Å². The van der Waals surface area contributed by atoms with E-state index in [1.54, 1.807) is 7.11 Å². The molecule has 1 N–H and O–H groups in total. The normalized spacial score (nSPS) is 17.5. The maximum Gasteiger partial charge on any atom is 0.122 e. The van der Waals surface area contributed by atoms with Gasteiger partial charge in [-0.1, -0.05) is 12.1 Å². The van der Waals surface area contributed by atoms with Gasteiger partial charge >= 0.3 is 0 Å². The SMILES string of the molecule is CCn1ccc(CNC2CCc3c(cccc3OC)C2)n1. The number of fused-ring (bicyclic) bond motifs is 1. The van der Waals surface area contributed by atoms with E-state index in [4.69, 9.17) is 4.74 Å². The van der Waals surface area contributed by atoms with Crippen molar-refractivity contribution in [1.82, 2.24) is 15.1 Å². The summed E-state index contributed by atoms with van der Waals surface area (Å²) >= 11 is 0. The highest BCUT2D eigenvalue weighted by Gasteiger charge is 2.20. The fourth-order valence-electron chi connectivity index (χ4n) is 3.06. The Labute approximate surface area is 126 Å². The predicted molar refractivity (Wildman–Crippen MR) is 83.5 cm³/mol. The van der Waals surface area contributed by atoms with Crippen molar-refractivity contribution in [2.24, 2.45) is 0 Å². The summed E-state index contributed by atoms with van der Waals surface area (Å²) in [4.78, 5) is 0. The van der Waals surface area contributed by atoms with Gasteiger partial charge in [0.05, 0.1) is 12.8 Å². The molecule has 4 heteroatoms. The number of aromatic nitrogens is 2. The van der Waals surface area contributed by atoms with Crippen LogP contribution in [0.4, 0.5) is 0 Å². The van der Waals surface area contributed by atoms with Crippen molar-refractivity contribution in [1.29, 1.82) is 0 Å². The lowest BCUT2D eigenvalue weighted by atomic mass is 9.87. The van der Waals surface area contributed by atoms with Crippen molar-refractivity contribution in [2.75, 3.05) is 7.11 Å². The van der Waals surface area contributed by atoms with E-state index in [2.05, 4.69) is 41.6 Å². The molecule has 1 aliphatic rings. The summed E-state index contributed by atoms with van der Waals surface area (Å²) < 4.78 is 7.43. The molecule has 3 rings (SSSR count). The van der Waals surface area contributed by atoms with Gasteiger partial charge in [0.1, 0.15) is 5.75 Å². The molecular formula is C17H23N3O. The molecule has 1 atom stereocenters. The summed E-state index contributed by atoms with van der Waals surface area (Å²) in [7, 11) is 1.75. The zero-order valence-electron chi connectivity index (χ0n) is 12.8. The average molecular weight is 285 g/mol. The number of methoxy groups -OCH3 is 1. The third-order valence-corrected chi connectivity index (χ3v) is 4.25. The van der Waals surface area contributed by atoms with Crippen LogP contribution in [0.3, 0.4) is 0 Å². The van der Waals surface area contributed by atoms with E-state index in [0.717, 1.165) is 43.8 Å². The Kier molecular flexibility index (Phi) is 4.25. The van der Waals surface area contributed by atoms with Crippen LogP contribution < -0.4 is 10.1 Å². The first kappa shape index (κ1) is 14.1. The maximum absolute atomic E-state index is 5.46. The van der Waals surface area contributed by atoms with Gasteiger partial charge in [-0.25, -0.2) is 0 Å². The number of rotatable bonds is 5. The van der Waals surface area contributed by atoms with Crippen molar-refractivity contribution in [3.05, 3.63) is 47.3 Å². The molecule has 1 heterocycles. The maximum atomic E-state index is 5.46. The third kappa shape index (κ3) is 3.10. The lowest BCUT2D eigenvalue weighted by Crippen LogP contribution is -2.34. The lowest BCUT2D eigenvalue weighted by molar-refractivity contribution is 0.396. The summed E-state index contributed by atoms with van der Waals surface area (Å²) in [6.07, 6.45) is 5.35. The molecule has 0 spiro atoms. The van der Waals surface area contributed by atoms with E-state index in [1.807, 2.05) is 10.9 Å². The molecule has 0 radical (unpaired) electrons. The van der Waals surface area contributed by atoms with Gasteiger partial charge in [0.15, 0.2) is 0 Å². The van der Waals surface area contributed by atoms with Crippen LogP contribution in [0.15, 0.2) is 30.5 Å². The van der Waals surface area contributed by atoms with Crippen LogP contribution >= 0.6 is 0 Å². The van der Waals surface area contributed by atoms with Crippen molar-refractivity contribution in [2.45, 2.75) is 45.3 Å². The Morgan fingerprint density at radius 1 is 1.38 bits per heavy atom. The van der Waals surface area contributed by atoms with Crippen LogP contribution in [0.1, 0.15) is 30.2 Å². The van der Waals surface area contributed by atoms with Gasteiger partial charge in [-0.3, -0.25) is 4.68 Å². The summed E-state index contributed by atoms with van der Waals surface area (Å²) in [5, 5.41) is 8.16. The van der Waals surface area contributed by atoms with Crippen molar-refractivity contribution >= 4 is 0 Å². The molecule has 0 bridgehead atoms. The number of benzene rings is 1. The number of nitrogens with zero attached hydrogens (tertiary/aromatic N) is 2. The molecule has 0 amide bonds. The second-order valence-electron chi connectivity index (χ2n) is 5.58. The Morgan fingerprint density at radius 2 is 2.29 bits per heavy atom. The molecule has 1 aromatic carbocycles. The zero-order chi connectivity index (χ0) is 14.7. The largest absolute Gasteiger partial charge is 0.496 e. The number of ether oxygens (including phenoxy) is 1. The highest BCUT2D eigenvalue weighted by atomic mass is 16.5. The fraction of sp³-hybridized carbons (Fsp3) is 0.471. The third-order valence-electron chi connectivity index (χ3n) is 4.25. The van der Waals surface area contributed by atoms with Crippen LogP contribution in [0.25, 0.3) is 0 Å². The van der Waals surface area contributed by atoms with Gasteiger partial charge in [-0.05, 0) is 49.4 Å². The number of hydrogen-bond acceptors (Lipinski definition) is 3. The number of aryl methyl sites for hydroxylation is 1. The van der Waals surface area contributed by atoms with E-state index in [1.165, 1.54) is 11.1 Å². The molecule has 0 fully saturated rings. The van der Waals surface area contributed by atoms with Gasteiger partial charge in [-0.2, -0.15) is 5.10 Å². The van der Waals surface area contributed by atoms with E-state index >= 15 is 0 Å². The lowest BCUT2D eigenvalue weighted by Gasteiger charge is -2.26. The summed E-state index contributed by atoms with van der Waals surface area (Å²) in [6.45, 7) is 3.88. The molecule has 1 aromatic heterocycles. The monoisotopic (exact) mass is 285 g/mol.